The first-order chi connectivity index (χ1) is 9.08. The van der Waals surface area contributed by atoms with Crippen LogP contribution < -0.4 is 10.6 Å². The average Bonchev–Trinajstić information content (AvgIpc) is 2.37. The molecule has 4 nitrogen and oxygen atoms in total. The zero-order valence-corrected chi connectivity index (χ0v) is 10.7. The van der Waals surface area contributed by atoms with Gasteiger partial charge in [0.25, 0.3) is 5.91 Å². The Morgan fingerprint density at radius 3 is 2.58 bits per heavy atom. The first-order valence-electron chi connectivity index (χ1n) is 5.81. The Bertz CT molecular complexity index is 576. The molecule has 0 aliphatic rings. The van der Waals surface area contributed by atoms with E-state index in [4.69, 9.17) is 0 Å². The molecule has 0 spiro atoms. The van der Waals surface area contributed by atoms with Crippen LogP contribution in [0.3, 0.4) is 0 Å². The summed E-state index contributed by atoms with van der Waals surface area (Å²) in [4.78, 5) is 15.9. The van der Waals surface area contributed by atoms with Crippen molar-refractivity contribution in [1.29, 1.82) is 0 Å². The zero-order chi connectivity index (χ0) is 13.8. The number of halogens is 1. The van der Waals surface area contributed by atoms with E-state index in [0.717, 1.165) is 11.3 Å². The maximum absolute atomic E-state index is 13.2. The van der Waals surface area contributed by atoms with Gasteiger partial charge in [0, 0.05) is 12.7 Å². The number of nitrogens with one attached hydrogen (secondary N) is 2. The Morgan fingerprint density at radius 1 is 1.21 bits per heavy atom. The van der Waals surface area contributed by atoms with Crippen LogP contribution in [0.2, 0.25) is 0 Å². The van der Waals surface area contributed by atoms with E-state index in [0.29, 0.717) is 5.69 Å². The number of aromatic nitrogens is 1. The Labute approximate surface area is 110 Å². The molecule has 98 valence electrons. The van der Waals surface area contributed by atoms with Crippen LogP contribution >= 0.6 is 0 Å². The van der Waals surface area contributed by atoms with Crippen molar-refractivity contribution in [2.45, 2.75) is 6.92 Å². The van der Waals surface area contributed by atoms with Gasteiger partial charge in [0.15, 0.2) is 0 Å². The monoisotopic (exact) mass is 259 g/mol. The van der Waals surface area contributed by atoms with E-state index in [-0.39, 0.29) is 17.4 Å². The third-order valence-corrected chi connectivity index (χ3v) is 2.58. The summed E-state index contributed by atoms with van der Waals surface area (Å²) in [5.41, 5.74) is 2.26. The first kappa shape index (κ1) is 13.0. The Kier molecular flexibility index (Phi) is 3.75. The van der Waals surface area contributed by atoms with E-state index >= 15 is 0 Å². The van der Waals surface area contributed by atoms with E-state index in [9.17, 15) is 9.18 Å². The number of rotatable bonds is 3. The average molecular weight is 259 g/mol. The molecule has 2 rings (SSSR count). The largest absolute Gasteiger partial charge is 0.387 e. The van der Waals surface area contributed by atoms with Crippen molar-refractivity contribution in [2.75, 3.05) is 17.7 Å². The number of aryl methyl sites for hydroxylation is 1. The minimum absolute atomic E-state index is 0.279. The predicted octanol–water partition coefficient (Wildman–Crippen LogP) is 2.82. The van der Waals surface area contributed by atoms with Gasteiger partial charge in [-0.3, -0.25) is 4.79 Å². The molecule has 1 aromatic heterocycles. The molecule has 0 fully saturated rings. The van der Waals surface area contributed by atoms with Gasteiger partial charge in [-0.15, -0.1) is 0 Å². The van der Waals surface area contributed by atoms with Gasteiger partial charge in [-0.2, -0.15) is 0 Å². The van der Waals surface area contributed by atoms with Crippen LogP contribution in [0.4, 0.5) is 15.8 Å². The predicted molar refractivity (Wildman–Crippen MR) is 72.9 cm³/mol. The number of pyridine rings is 1. The van der Waals surface area contributed by atoms with Gasteiger partial charge >= 0.3 is 0 Å². The molecule has 1 amide bonds. The molecular formula is C14H14FN3O. The number of carbonyl (C=O) groups is 1. The second-order valence-electron chi connectivity index (χ2n) is 4.15. The fourth-order valence-electron chi connectivity index (χ4n) is 1.68. The van der Waals surface area contributed by atoms with Gasteiger partial charge in [0.05, 0.1) is 11.9 Å². The first-order valence-corrected chi connectivity index (χ1v) is 5.81. The van der Waals surface area contributed by atoms with Crippen molar-refractivity contribution in [2.24, 2.45) is 0 Å². The van der Waals surface area contributed by atoms with Crippen molar-refractivity contribution >= 4 is 17.3 Å². The lowest BCUT2D eigenvalue weighted by Gasteiger charge is -2.06. The number of hydrogen-bond donors (Lipinski definition) is 2. The summed E-state index contributed by atoms with van der Waals surface area (Å²) in [6.07, 6.45) is 1.56. The topological polar surface area (TPSA) is 54.0 Å². The van der Waals surface area contributed by atoms with Gasteiger partial charge in [-0.25, -0.2) is 9.37 Å². The van der Waals surface area contributed by atoms with E-state index in [1.165, 1.54) is 12.1 Å². The van der Waals surface area contributed by atoms with Crippen LogP contribution in [0, 0.1) is 12.7 Å². The third kappa shape index (κ3) is 3.28. The molecule has 19 heavy (non-hydrogen) atoms. The molecule has 0 atom stereocenters. The number of anilines is 2. The summed E-state index contributed by atoms with van der Waals surface area (Å²) < 4.78 is 13.2. The summed E-state index contributed by atoms with van der Waals surface area (Å²) in [7, 11) is 1.77. The van der Waals surface area contributed by atoms with E-state index < -0.39 is 0 Å². The number of amides is 1. The van der Waals surface area contributed by atoms with Crippen LogP contribution in [0.25, 0.3) is 0 Å². The highest BCUT2D eigenvalue weighted by atomic mass is 19.1. The number of benzene rings is 1. The molecular weight excluding hydrogens is 245 g/mol. The Hall–Kier alpha value is -2.43. The minimum Gasteiger partial charge on any atom is -0.387 e. The quantitative estimate of drug-likeness (QED) is 0.891. The molecule has 1 heterocycles. The van der Waals surface area contributed by atoms with Crippen LogP contribution in [0.15, 0.2) is 36.5 Å². The fourth-order valence-corrected chi connectivity index (χ4v) is 1.68. The van der Waals surface area contributed by atoms with Crippen molar-refractivity contribution in [3.63, 3.8) is 0 Å². The van der Waals surface area contributed by atoms with Gasteiger partial charge in [0.2, 0.25) is 0 Å². The molecule has 0 aliphatic carbocycles. The zero-order valence-electron chi connectivity index (χ0n) is 10.7. The lowest BCUT2D eigenvalue weighted by molar-refractivity contribution is 0.102. The number of carbonyl (C=O) groups excluding carboxylic acids is 1. The maximum Gasteiger partial charge on any atom is 0.274 e. The summed E-state index contributed by atoms with van der Waals surface area (Å²) in [5, 5.41) is 5.53. The van der Waals surface area contributed by atoms with Gasteiger partial charge in [-0.1, -0.05) is 0 Å². The van der Waals surface area contributed by atoms with Crippen molar-refractivity contribution in [1.82, 2.24) is 4.98 Å². The fraction of sp³-hybridized carbons (Fsp3) is 0.143. The summed E-state index contributed by atoms with van der Waals surface area (Å²) in [6.45, 7) is 1.76. The highest BCUT2D eigenvalue weighted by molar-refractivity contribution is 6.02. The highest BCUT2D eigenvalue weighted by Gasteiger charge is 2.08. The smallest absolute Gasteiger partial charge is 0.274 e. The third-order valence-electron chi connectivity index (χ3n) is 2.58. The highest BCUT2D eigenvalue weighted by Crippen LogP contribution is 2.14. The van der Waals surface area contributed by atoms with Crippen LogP contribution in [-0.4, -0.2) is 17.9 Å². The Morgan fingerprint density at radius 2 is 2.00 bits per heavy atom. The molecule has 0 saturated carbocycles. The molecule has 0 radical (unpaired) electrons. The standard InChI is InChI=1S/C14H14FN3O/c1-9-5-10(15)7-12(6-9)18-14(19)13-4-3-11(16-2)8-17-13/h3-8,16H,1-2H3,(H,18,19). The Balaban J connectivity index is 2.15. The van der Waals surface area contributed by atoms with Crippen molar-refractivity contribution in [3.05, 3.63) is 53.6 Å². The number of hydrogen-bond acceptors (Lipinski definition) is 3. The van der Waals surface area contributed by atoms with Crippen LogP contribution in [-0.2, 0) is 0 Å². The van der Waals surface area contributed by atoms with E-state index in [1.807, 2.05) is 0 Å². The second-order valence-corrected chi connectivity index (χ2v) is 4.15. The molecule has 0 unspecified atom stereocenters. The molecule has 1 aromatic carbocycles. The summed E-state index contributed by atoms with van der Waals surface area (Å²) >= 11 is 0. The van der Waals surface area contributed by atoms with Crippen molar-refractivity contribution < 1.29 is 9.18 Å². The van der Waals surface area contributed by atoms with E-state index in [1.54, 1.807) is 38.4 Å². The minimum atomic E-state index is -0.381. The van der Waals surface area contributed by atoms with Crippen LogP contribution in [0.1, 0.15) is 16.1 Å². The van der Waals surface area contributed by atoms with Crippen molar-refractivity contribution in [3.8, 4) is 0 Å². The molecule has 5 heteroatoms. The van der Waals surface area contributed by atoms with Crippen LogP contribution in [0.5, 0.6) is 0 Å². The van der Waals surface area contributed by atoms with E-state index in [2.05, 4.69) is 15.6 Å². The number of nitrogens with zero attached hydrogens (tertiary/aromatic N) is 1. The van der Waals surface area contributed by atoms with Gasteiger partial charge in [-0.05, 0) is 42.8 Å². The molecule has 0 bridgehead atoms. The molecule has 2 aromatic rings. The summed E-state index contributed by atoms with van der Waals surface area (Å²) in [5.74, 6) is -0.749. The maximum atomic E-state index is 13.2. The summed E-state index contributed by atoms with van der Waals surface area (Å²) in [6, 6.07) is 7.72. The molecule has 2 N–H and O–H groups in total. The lowest BCUT2D eigenvalue weighted by Crippen LogP contribution is -2.13. The molecule has 0 saturated heterocycles. The lowest BCUT2D eigenvalue weighted by atomic mass is 10.2. The van der Waals surface area contributed by atoms with Gasteiger partial charge < -0.3 is 10.6 Å². The van der Waals surface area contributed by atoms with Gasteiger partial charge in [0.1, 0.15) is 11.5 Å². The second kappa shape index (κ2) is 5.48. The normalized spacial score (nSPS) is 10.1. The molecule has 0 aliphatic heterocycles. The SMILES string of the molecule is CNc1ccc(C(=O)Nc2cc(C)cc(F)c2)nc1.